The first-order valence-corrected chi connectivity index (χ1v) is 10.7. The first-order chi connectivity index (χ1) is 16.1. The smallest absolute Gasteiger partial charge is 0.321 e. The minimum atomic E-state index is -0.298. The van der Waals surface area contributed by atoms with Crippen LogP contribution in [0.2, 0.25) is 0 Å². The average Bonchev–Trinajstić information content (AvgIpc) is 3.23. The van der Waals surface area contributed by atoms with Crippen LogP contribution < -0.4 is 16.2 Å². The monoisotopic (exact) mass is 438 g/mol. The van der Waals surface area contributed by atoms with E-state index in [4.69, 9.17) is 0 Å². The van der Waals surface area contributed by atoms with Crippen LogP contribution in [0.3, 0.4) is 0 Å². The van der Waals surface area contributed by atoms with Crippen LogP contribution in [0.15, 0.2) is 71.5 Å². The predicted molar refractivity (Wildman–Crippen MR) is 129 cm³/mol. The summed E-state index contributed by atoms with van der Waals surface area (Å²) in [6, 6.07) is 21.4. The standard InChI is InChI=1S/C25H22N6O2/c1-2-26-25(33)29-24-27-20-11-10-17(14-22(20)28-24)16-7-5-6-15(12-16)13-21-18-8-3-4-9-19(18)23(32)31-30-21/h3-12,14H,2,13H2,1H3,(H,31,32)(H3,26,27,28,29,33). The normalized spacial score (nSPS) is 11.1. The molecule has 0 saturated heterocycles. The summed E-state index contributed by atoms with van der Waals surface area (Å²) in [4.78, 5) is 31.4. The fraction of sp³-hybridized carbons (Fsp3) is 0.120. The number of aromatic amines is 2. The molecule has 5 aromatic rings. The van der Waals surface area contributed by atoms with Crippen LogP contribution in [-0.4, -0.2) is 32.7 Å². The van der Waals surface area contributed by atoms with E-state index in [-0.39, 0.29) is 11.6 Å². The van der Waals surface area contributed by atoms with Crippen LogP contribution >= 0.6 is 0 Å². The number of amides is 2. The molecule has 4 N–H and O–H groups in total. The molecule has 0 fully saturated rings. The maximum Gasteiger partial charge on any atom is 0.321 e. The van der Waals surface area contributed by atoms with Crippen LogP contribution in [0.1, 0.15) is 18.2 Å². The van der Waals surface area contributed by atoms with Crippen molar-refractivity contribution in [2.75, 3.05) is 11.9 Å². The van der Waals surface area contributed by atoms with Gasteiger partial charge in [0, 0.05) is 18.4 Å². The third-order valence-electron chi connectivity index (χ3n) is 5.46. The Kier molecular flexibility index (Phi) is 5.32. The molecule has 5 rings (SSSR count). The fourth-order valence-electron chi connectivity index (χ4n) is 3.92. The number of hydrogen-bond donors (Lipinski definition) is 4. The number of urea groups is 1. The summed E-state index contributed by atoms with van der Waals surface area (Å²) in [6.07, 6.45) is 0.594. The third-order valence-corrected chi connectivity index (χ3v) is 5.46. The topological polar surface area (TPSA) is 116 Å². The lowest BCUT2D eigenvalue weighted by Crippen LogP contribution is -2.28. The van der Waals surface area contributed by atoms with Gasteiger partial charge in [-0.3, -0.25) is 10.1 Å². The Morgan fingerprint density at radius 1 is 0.970 bits per heavy atom. The molecular weight excluding hydrogens is 416 g/mol. The molecule has 0 aliphatic rings. The number of carbonyl (C=O) groups excluding carboxylic acids is 1. The van der Waals surface area contributed by atoms with Gasteiger partial charge in [0.1, 0.15) is 0 Å². The number of anilines is 1. The van der Waals surface area contributed by atoms with Gasteiger partial charge < -0.3 is 10.3 Å². The second-order valence-electron chi connectivity index (χ2n) is 7.72. The van der Waals surface area contributed by atoms with Gasteiger partial charge >= 0.3 is 6.03 Å². The molecule has 0 atom stereocenters. The van der Waals surface area contributed by atoms with Gasteiger partial charge in [0.15, 0.2) is 0 Å². The molecule has 0 radical (unpaired) electrons. The van der Waals surface area contributed by atoms with Gasteiger partial charge in [0.05, 0.1) is 22.1 Å². The maximum atomic E-state index is 12.1. The highest BCUT2D eigenvalue weighted by Gasteiger charge is 2.10. The summed E-state index contributed by atoms with van der Waals surface area (Å²) in [7, 11) is 0. The highest BCUT2D eigenvalue weighted by atomic mass is 16.2. The van der Waals surface area contributed by atoms with Crippen molar-refractivity contribution in [2.45, 2.75) is 13.3 Å². The van der Waals surface area contributed by atoms with E-state index in [0.717, 1.165) is 38.8 Å². The van der Waals surface area contributed by atoms with Crippen molar-refractivity contribution in [3.05, 3.63) is 88.3 Å². The minimum Gasteiger partial charge on any atom is -0.338 e. The fourth-order valence-corrected chi connectivity index (χ4v) is 3.92. The molecule has 2 aromatic heterocycles. The minimum absolute atomic E-state index is 0.184. The Morgan fingerprint density at radius 2 is 1.79 bits per heavy atom. The molecule has 0 aliphatic heterocycles. The van der Waals surface area contributed by atoms with E-state index in [0.29, 0.717) is 24.3 Å². The van der Waals surface area contributed by atoms with E-state index in [1.54, 1.807) is 0 Å². The van der Waals surface area contributed by atoms with Gasteiger partial charge in [0.25, 0.3) is 5.56 Å². The van der Waals surface area contributed by atoms with Crippen LogP contribution in [0.25, 0.3) is 32.9 Å². The van der Waals surface area contributed by atoms with Crippen molar-refractivity contribution in [3.63, 3.8) is 0 Å². The van der Waals surface area contributed by atoms with Gasteiger partial charge in [-0.1, -0.05) is 48.5 Å². The molecule has 0 saturated carbocycles. The lowest BCUT2D eigenvalue weighted by atomic mass is 9.99. The second kappa shape index (κ2) is 8.58. The van der Waals surface area contributed by atoms with E-state index in [1.165, 1.54) is 0 Å². The Morgan fingerprint density at radius 3 is 2.64 bits per heavy atom. The molecular formula is C25H22N6O2. The first-order valence-electron chi connectivity index (χ1n) is 10.7. The summed E-state index contributed by atoms with van der Waals surface area (Å²) in [5.74, 6) is 0.401. The predicted octanol–water partition coefficient (Wildman–Crippen LogP) is 4.20. The SMILES string of the molecule is CCNC(=O)Nc1nc2cc(-c3cccc(Cc4n[nH]c(=O)c5ccccc45)c3)ccc2[nH]1. The number of carbonyl (C=O) groups is 1. The number of hydrogen-bond acceptors (Lipinski definition) is 4. The summed E-state index contributed by atoms with van der Waals surface area (Å²) in [6.45, 7) is 2.39. The average molecular weight is 438 g/mol. The summed E-state index contributed by atoms with van der Waals surface area (Å²) in [5.41, 5.74) is 5.38. The summed E-state index contributed by atoms with van der Waals surface area (Å²) >= 11 is 0. The Labute approximate surface area is 189 Å². The van der Waals surface area contributed by atoms with Crippen molar-refractivity contribution in [1.29, 1.82) is 0 Å². The van der Waals surface area contributed by atoms with Crippen LogP contribution in [0.5, 0.6) is 0 Å². The first kappa shape index (κ1) is 20.4. The van der Waals surface area contributed by atoms with E-state index in [1.807, 2.05) is 67.6 Å². The molecule has 164 valence electrons. The van der Waals surface area contributed by atoms with Gasteiger partial charge in [-0.15, -0.1) is 0 Å². The summed E-state index contributed by atoms with van der Waals surface area (Å²) in [5, 5.41) is 13.8. The molecule has 2 amide bonds. The van der Waals surface area contributed by atoms with Crippen molar-refractivity contribution in [1.82, 2.24) is 25.5 Å². The number of H-pyrrole nitrogens is 2. The summed E-state index contributed by atoms with van der Waals surface area (Å²) < 4.78 is 0. The third kappa shape index (κ3) is 4.18. The molecule has 2 heterocycles. The second-order valence-corrected chi connectivity index (χ2v) is 7.72. The number of nitrogens with zero attached hydrogens (tertiary/aromatic N) is 2. The van der Waals surface area contributed by atoms with Crippen molar-refractivity contribution < 1.29 is 4.79 Å². The zero-order chi connectivity index (χ0) is 22.8. The highest BCUT2D eigenvalue weighted by molar-refractivity contribution is 5.90. The number of benzene rings is 3. The van der Waals surface area contributed by atoms with Gasteiger partial charge in [-0.2, -0.15) is 5.10 Å². The van der Waals surface area contributed by atoms with Crippen LogP contribution in [0.4, 0.5) is 10.7 Å². The molecule has 33 heavy (non-hydrogen) atoms. The van der Waals surface area contributed by atoms with Crippen LogP contribution in [-0.2, 0) is 6.42 Å². The lowest BCUT2D eigenvalue weighted by molar-refractivity contribution is 0.252. The number of nitrogens with one attached hydrogen (secondary N) is 4. The molecule has 8 nitrogen and oxygen atoms in total. The number of imidazole rings is 1. The van der Waals surface area contributed by atoms with Gasteiger partial charge in [-0.05, 0) is 41.8 Å². The van der Waals surface area contributed by atoms with Crippen LogP contribution in [0, 0.1) is 0 Å². The molecule has 3 aromatic carbocycles. The van der Waals surface area contributed by atoms with Gasteiger partial charge in [0.2, 0.25) is 5.95 Å². The lowest BCUT2D eigenvalue weighted by Gasteiger charge is -2.08. The molecule has 0 unspecified atom stereocenters. The molecule has 8 heteroatoms. The zero-order valence-corrected chi connectivity index (χ0v) is 18.0. The Bertz CT molecular complexity index is 1540. The van der Waals surface area contributed by atoms with Crippen molar-refractivity contribution in [2.24, 2.45) is 0 Å². The van der Waals surface area contributed by atoms with Crippen molar-refractivity contribution >= 4 is 33.8 Å². The maximum absolute atomic E-state index is 12.1. The van der Waals surface area contributed by atoms with E-state index < -0.39 is 0 Å². The molecule has 0 spiro atoms. The highest BCUT2D eigenvalue weighted by Crippen LogP contribution is 2.26. The molecule has 0 bridgehead atoms. The zero-order valence-electron chi connectivity index (χ0n) is 18.0. The molecule has 0 aliphatic carbocycles. The van der Waals surface area contributed by atoms with E-state index in [2.05, 4.69) is 36.9 Å². The number of rotatable bonds is 5. The van der Waals surface area contributed by atoms with E-state index >= 15 is 0 Å². The Hall–Kier alpha value is -4.46. The van der Waals surface area contributed by atoms with E-state index in [9.17, 15) is 9.59 Å². The number of aromatic nitrogens is 4. The largest absolute Gasteiger partial charge is 0.338 e. The quantitative estimate of drug-likeness (QED) is 0.329. The van der Waals surface area contributed by atoms with Gasteiger partial charge in [-0.25, -0.2) is 14.9 Å². The number of fused-ring (bicyclic) bond motifs is 2. The van der Waals surface area contributed by atoms with Crippen molar-refractivity contribution in [3.8, 4) is 11.1 Å². The Balaban J connectivity index is 1.44.